The van der Waals surface area contributed by atoms with E-state index in [2.05, 4.69) is 39.4 Å². The second-order valence-corrected chi connectivity index (χ2v) is 6.73. The molecular formula is C18H29N5. The maximum atomic E-state index is 4.39. The van der Waals surface area contributed by atoms with Crippen LogP contribution in [0.3, 0.4) is 0 Å². The monoisotopic (exact) mass is 315 g/mol. The summed E-state index contributed by atoms with van der Waals surface area (Å²) in [7, 11) is 4.25. The van der Waals surface area contributed by atoms with Crippen molar-refractivity contribution < 1.29 is 0 Å². The Morgan fingerprint density at radius 2 is 1.83 bits per heavy atom. The molecule has 1 aromatic rings. The summed E-state index contributed by atoms with van der Waals surface area (Å²) in [6, 6.07) is 0.749. The van der Waals surface area contributed by atoms with Gasteiger partial charge in [-0.2, -0.15) is 0 Å². The van der Waals surface area contributed by atoms with E-state index >= 15 is 0 Å². The number of allylic oxidation sites excluding steroid dienone is 1. The van der Waals surface area contributed by atoms with E-state index in [4.69, 9.17) is 0 Å². The van der Waals surface area contributed by atoms with Crippen molar-refractivity contribution in [2.75, 3.05) is 46.3 Å². The van der Waals surface area contributed by atoms with Gasteiger partial charge in [-0.1, -0.05) is 6.58 Å². The second kappa shape index (κ2) is 7.32. The second-order valence-electron chi connectivity index (χ2n) is 6.73. The van der Waals surface area contributed by atoms with E-state index in [9.17, 15) is 0 Å². The van der Waals surface area contributed by atoms with E-state index in [1.54, 1.807) is 0 Å². The molecule has 0 N–H and O–H groups in total. The fraction of sp³-hybridized carbons (Fsp3) is 0.611. The van der Waals surface area contributed by atoms with Gasteiger partial charge in [-0.15, -0.1) is 0 Å². The molecule has 0 bridgehead atoms. The van der Waals surface area contributed by atoms with Crippen molar-refractivity contribution in [2.24, 2.45) is 7.05 Å². The lowest BCUT2D eigenvalue weighted by Gasteiger charge is -2.42. The largest absolute Gasteiger partial charge is 0.371 e. The summed E-state index contributed by atoms with van der Waals surface area (Å²) in [5, 5.41) is 0. The minimum Gasteiger partial charge on any atom is -0.371 e. The number of aromatic nitrogens is 2. The van der Waals surface area contributed by atoms with Crippen molar-refractivity contribution in [1.82, 2.24) is 24.3 Å². The van der Waals surface area contributed by atoms with E-state index in [0.717, 1.165) is 25.0 Å². The van der Waals surface area contributed by atoms with Gasteiger partial charge >= 0.3 is 0 Å². The predicted octanol–water partition coefficient (Wildman–Crippen LogP) is 1.66. The van der Waals surface area contributed by atoms with Crippen LogP contribution in [0, 0.1) is 0 Å². The molecule has 0 saturated carbocycles. The Labute approximate surface area is 139 Å². The third kappa shape index (κ3) is 3.85. The van der Waals surface area contributed by atoms with Crippen LogP contribution in [0.2, 0.25) is 0 Å². The Morgan fingerprint density at radius 1 is 1.13 bits per heavy atom. The number of rotatable bonds is 4. The van der Waals surface area contributed by atoms with Crippen LogP contribution in [-0.2, 0) is 7.05 Å². The van der Waals surface area contributed by atoms with Gasteiger partial charge in [0.05, 0.1) is 0 Å². The standard InChI is InChI=1S/C18H29N5/c1-4-16(15-18-19-7-10-21(18)3)22-8-5-17(6-9-22)23-13-11-20(2)12-14-23/h4,7,10,15,17H,1,5-6,8-9,11-14H2,2-3H3/b16-15+. The van der Waals surface area contributed by atoms with E-state index in [1.807, 2.05) is 30.1 Å². The SMILES string of the molecule is C=C/C(=C\c1nccn1C)N1CCC(N2CCN(C)CC2)CC1. The van der Waals surface area contributed by atoms with Crippen molar-refractivity contribution in [3.05, 3.63) is 36.6 Å². The molecule has 2 saturated heterocycles. The van der Waals surface area contributed by atoms with Crippen LogP contribution in [0.4, 0.5) is 0 Å². The van der Waals surface area contributed by atoms with E-state index in [1.165, 1.54) is 44.7 Å². The third-order valence-electron chi connectivity index (χ3n) is 5.23. The molecule has 2 aliphatic rings. The van der Waals surface area contributed by atoms with Gasteiger partial charge < -0.3 is 14.4 Å². The van der Waals surface area contributed by atoms with Crippen molar-refractivity contribution in [3.8, 4) is 0 Å². The minimum absolute atomic E-state index is 0.749. The summed E-state index contributed by atoms with van der Waals surface area (Å²) in [5.74, 6) is 0.987. The van der Waals surface area contributed by atoms with E-state index in [-0.39, 0.29) is 0 Å². The normalized spacial score (nSPS) is 22.5. The number of imidazole rings is 1. The number of piperazine rings is 1. The molecule has 0 radical (unpaired) electrons. The molecule has 23 heavy (non-hydrogen) atoms. The quantitative estimate of drug-likeness (QED) is 0.790. The lowest BCUT2D eigenvalue weighted by atomic mass is 10.0. The highest BCUT2D eigenvalue weighted by Crippen LogP contribution is 2.22. The first kappa shape index (κ1) is 16.3. The number of aryl methyl sites for hydroxylation is 1. The van der Waals surface area contributed by atoms with Crippen LogP contribution < -0.4 is 0 Å². The summed E-state index contributed by atoms with van der Waals surface area (Å²) < 4.78 is 2.04. The zero-order valence-electron chi connectivity index (χ0n) is 14.5. The van der Waals surface area contributed by atoms with Crippen LogP contribution in [-0.4, -0.2) is 76.6 Å². The Bertz CT molecular complexity index is 546. The molecule has 0 amide bonds. The lowest BCUT2D eigenvalue weighted by Crippen LogP contribution is -2.52. The predicted molar refractivity (Wildman–Crippen MR) is 95.0 cm³/mol. The number of hydrogen-bond donors (Lipinski definition) is 0. The number of likely N-dealkylation sites (tertiary alicyclic amines) is 1. The molecule has 0 spiro atoms. The average molecular weight is 315 g/mol. The van der Waals surface area contributed by atoms with Gasteiger partial charge in [-0.3, -0.25) is 4.90 Å². The molecule has 0 atom stereocenters. The van der Waals surface area contributed by atoms with Crippen LogP contribution in [0.5, 0.6) is 0 Å². The summed E-state index contributed by atoms with van der Waals surface area (Å²) >= 11 is 0. The zero-order chi connectivity index (χ0) is 16.2. The van der Waals surface area contributed by atoms with Crippen LogP contribution in [0.15, 0.2) is 30.7 Å². The molecule has 3 rings (SSSR count). The summed E-state index contributed by atoms with van der Waals surface area (Å²) in [6.45, 7) is 11.1. The van der Waals surface area contributed by atoms with Gasteiger partial charge in [0.25, 0.3) is 0 Å². The molecule has 3 heterocycles. The molecule has 5 heteroatoms. The average Bonchev–Trinajstić information content (AvgIpc) is 2.98. The molecule has 0 aliphatic carbocycles. The van der Waals surface area contributed by atoms with Crippen LogP contribution in [0.25, 0.3) is 6.08 Å². The van der Waals surface area contributed by atoms with Crippen LogP contribution in [0.1, 0.15) is 18.7 Å². The Kier molecular flexibility index (Phi) is 5.18. The first-order valence-electron chi connectivity index (χ1n) is 8.66. The highest BCUT2D eigenvalue weighted by atomic mass is 15.3. The van der Waals surface area contributed by atoms with Crippen LogP contribution >= 0.6 is 0 Å². The van der Waals surface area contributed by atoms with Crippen molar-refractivity contribution >= 4 is 6.08 Å². The number of hydrogen-bond acceptors (Lipinski definition) is 4. The van der Waals surface area contributed by atoms with Gasteiger partial charge in [0.2, 0.25) is 0 Å². The van der Waals surface area contributed by atoms with Gasteiger partial charge in [0.1, 0.15) is 5.82 Å². The Balaban J connectivity index is 1.58. The van der Waals surface area contributed by atoms with Crippen molar-refractivity contribution in [2.45, 2.75) is 18.9 Å². The van der Waals surface area contributed by atoms with Gasteiger partial charge in [0, 0.05) is 76.5 Å². The number of likely N-dealkylation sites (N-methyl/N-ethyl adjacent to an activating group) is 1. The highest BCUT2D eigenvalue weighted by Gasteiger charge is 2.26. The van der Waals surface area contributed by atoms with E-state index in [0.29, 0.717) is 0 Å². The number of nitrogens with zero attached hydrogens (tertiary/aromatic N) is 5. The molecule has 126 valence electrons. The summed E-state index contributed by atoms with van der Waals surface area (Å²) in [5.41, 5.74) is 1.19. The van der Waals surface area contributed by atoms with Gasteiger partial charge in [0.15, 0.2) is 0 Å². The zero-order valence-corrected chi connectivity index (χ0v) is 14.5. The maximum Gasteiger partial charge on any atom is 0.134 e. The molecular weight excluding hydrogens is 286 g/mol. The first-order valence-corrected chi connectivity index (χ1v) is 8.66. The fourth-order valence-corrected chi connectivity index (χ4v) is 3.60. The fourth-order valence-electron chi connectivity index (χ4n) is 3.60. The highest BCUT2D eigenvalue weighted by molar-refractivity contribution is 5.49. The maximum absolute atomic E-state index is 4.39. The topological polar surface area (TPSA) is 27.5 Å². The third-order valence-corrected chi connectivity index (χ3v) is 5.23. The molecule has 2 fully saturated rings. The molecule has 1 aromatic heterocycles. The summed E-state index contributed by atoms with van der Waals surface area (Å²) in [4.78, 5) is 12.0. The molecule has 2 aliphatic heterocycles. The molecule has 0 aromatic carbocycles. The summed E-state index contributed by atoms with van der Waals surface area (Å²) in [6.07, 6.45) is 10.4. The van der Waals surface area contributed by atoms with E-state index < -0.39 is 0 Å². The Hall–Kier alpha value is -1.59. The van der Waals surface area contributed by atoms with Crippen molar-refractivity contribution in [3.63, 3.8) is 0 Å². The van der Waals surface area contributed by atoms with Crippen molar-refractivity contribution in [1.29, 1.82) is 0 Å². The molecule has 0 unspecified atom stereocenters. The number of piperidine rings is 1. The van der Waals surface area contributed by atoms with Gasteiger partial charge in [-0.25, -0.2) is 4.98 Å². The lowest BCUT2D eigenvalue weighted by molar-refractivity contribution is 0.0767. The minimum atomic E-state index is 0.749. The first-order chi connectivity index (χ1) is 11.2. The van der Waals surface area contributed by atoms with Gasteiger partial charge in [-0.05, 0) is 26.0 Å². The Morgan fingerprint density at radius 3 is 2.39 bits per heavy atom. The molecule has 5 nitrogen and oxygen atoms in total. The smallest absolute Gasteiger partial charge is 0.134 e.